The lowest BCUT2D eigenvalue weighted by Gasteiger charge is -2.14. The predicted octanol–water partition coefficient (Wildman–Crippen LogP) is 19.1. The number of benzene rings is 11. The molecule has 0 spiro atoms. The summed E-state index contributed by atoms with van der Waals surface area (Å²) in [6.45, 7) is 11.1. The summed E-state index contributed by atoms with van der Waals surface area (Å²) < 4.78 is 69.1. The standard InChI is InChI=1S/C15H12O.C14H11NO3S.C11H6N2O2S.C10H10O.C9H8O.C8H6O3S.C8H6O2S.C8H6O2.C8H6OS.C6H8/c16-15-10-14(11-6-2-1-3-7-11)12-8-4-5-9-13(12)15;16-14-10-15(13-9-5-4-8-12(13)14)19-18-17-11-6-2-1-3-7-11;1-13-10(6-12)9-7-16(14,15)11-5-3-2-4-8(9)11;11-10-7-3-5-8-4-1-2-6-9(8)10;10-9-6-5-7-3-1-2-4-8(7)9;9-7-5-12(10,11)8-4-2-1-3-6(7)8;9-7-5-11(10)8-4-2-1-3-6(7)8;2*9-7-5-10-8-4-2-1-3-6(7)8;1-6-4-2-3-5-6/h1-9,14H,10H2;1-9H,10H2;2-5H,7H2;1-2,4,6H,3,5,7H2;1-4H,5-6H2;1-4H,5H2;1-4H,5H2;2*1-4H,5H2;2,4H,1,3,5H2/b;;10-9+;;;;;;;. The van der Waals surface area contributed by atoms with Gasteiger partial charge in [-0.25, -0.2) is 26.9 Å². The van der Waals surface area contributed by atoms with Gasteiger partial charge in [-0.1, -0.05) is 247 Å². The quantitative estimate of drug-likeness (QED) is 0.0386. The van der Waals surface area contributed by atoms with Crippen LogP contribution in [0.4, 0.5) is 5.69 Å². The molecule has 121 heavy (non-hydrogen) atoms. The molecule has 0 bridgehead atoms. The lowest BCUT2D eigenvalue weighted by Crippen LogP contribution is -2.14. The van der Waals surface area contributed by atoms with Crippen molar-refractivity contribution in [2.24, 2.45) is 0 Å². The molecule has 2 unspecified atom stereocenters. The molecule has 6 heterocycles. The molecule has 4 aliphatic carbocycles. The number of para-hydroxylation sites is 3. The number of aryl methyl sites for hydroxylation is 2. The fourth-order valence-corrected chi connectivity index (χ4v) is 20.0. The zero-order chi connectivity index (χ0) is 85.4. The number of allylic oxidation sites excluding steroid dienone is 4. The number of carbonyl (C=O) groups is 8. The topological polar surface area (TPSA) is 281 Å². The average molecular weight is 1700 g/mol. The Bertz CT molecular complexity index is 6040. The van der Waals surface area contributed by atoms with Crippen molar-refractivity contribution in [1.82, 2.24) is 0 Å². The van der Waals surface area contributed by atoms with E-state index in [0.29, 0.717) is 80.9 Å². The van der Waals surface area contributed by atoms with Crippen LogP contribution in [0.25, 0.3) is 10.4 Å². The molecule has 19 nitrogen and oxygen atoms in total. The first-order valence-electron chi connectivity index (χ1n) is 38.5. The smallest absolute Gasteiger partial charge is 0.266 e. The lowest BCUT2D eigenvalue weighted by molar-refractivity contribution is -0.0778. The fraction of sp³-hybridized carbons (Fsp3) is 0.155. The first-order chi connectivity index (χ1) is 58.6. The average Bonchev–Trinajstić information content (AvgIpc) is 1.61. The number of sulfone groups is 2. The maximum atomic E-state index is 11.8. The third-order valence-electron chi connectivity index (χ3n) is 20.1. The first kappa shape index (κ1) is 87.4. The minimum absolute atomic E-state index is 0.000988. The number of ether oxygens (including phenoxy) is 1. The Morgan fingerprint density at radius 3 is 1.68 bits per heavy atom. The molecule has 2 atom stereocenters. The molecule has 0 fully saturated rings. The maximum absolute atomic E-state index is 11.8. The SMILES string of the molecule is C=C1C=CCC1.O=C1CC(c2ccccc2)c2ccccc21.O=C1CCCc2ccccc21.O=C1CCc2ccccc21.O=C1CN(SOOc2ccccc2)c2ccccc21.O=C1COc2ccccc21.O=C1CS(=O)(=O)c2ccccc21.O=C1CS(=O)c2ccccc21.O=C1CSc2ccccc21.[C-]#[N+]/C(C#N)=C1\CS(=O)(=O)c2ccccc21. The van der Waals surface area contributed by atoms with Crippen molar-refractivity contribution in [3.63, 3.8) is 0 Å². The van der Waals surface area contributed by atoms with Crippen LogP contribution in [0.15, 0.2) is 329 Å². The summed E-state index contributed by atoms with van der Waals surface area (Å²) in [4.78, 5) is 101. The van der Waals surface area contributed by atoms with Crippen molar-refractivity contribution in [1.29, 1.82) is 5.26 Å². The molecule has 24 heteroatoms. The largest absolute Gasteiger partial charge is 0.485 e. The molecule has 6 aliphatic heterocycles. The maximum Gasteiger partial charge on any atom is 0.266 e. The van der Waals surface area contributed by atoms with E-state index >= 15 is 0 Å². The Hall–Kier alpha value is -12.9. The van der Waals surface area contributed by atoms with E-state index < -0.39 is 30.5 Å². The summed E-state index contributed by atoms with van der Waals surface area (Å²) >= 11 is 2.64. The zero-order valence-corrected chi connectivity index (χ0v) is 69.4. The van der Waals surface area contributed by atoms with Crippen LogP contribution in [0.2, 0.25) is 0 Å². The fourth-order valence-electron chi connectivity index (χ4n) is 14.1. The second-order valence-electron chi connectivity index (χ2n) is 28.1. The number of fused-ring (bicyclic) bond motifs is 9. The normalized spacial score (nSPS) is 17.2. The summed E-state index contributed by atoms with van der Waals surface area (Å²) in [5, 5.41) is 8.77. The van der Waals surface area contributed by atoms with E-state index in [2.05, 4.69) is 41.8 Å². The first-order valence-corrected chi connectivity index (χ1v) is 44.8. The van der Waals surface area contributed by atoms with Gasteiger partial charge in [0.15, 0.2) is 84.7 Å². The molecule has 0 radical (unpaired) electrons. The Kier molecular flexibility index (Phi) is 30.1. The van der Waals surface area contributed by atoms with E-state index in [4.69, 9.17) is 25.8 Å². The number of nitrogens with zero attached hydrogens (tertiary/aromatic N) is 3. The monoisotopic (exact) mass is 1700 g/mol. The molecular formula is C97H79N3O16S5. The van der Waals surface area contributed by atoms with Crippen molar-refractivity contribution in [2.45, 2.75) is 76.9 Å². The lowest BCUT2D eigenvalue weighted by atomic mass is 9.91. The number of carbonyl (C=O) groups excluding carboxylic acids is 8. The van der Waals surface area contributed by atoms with Crippen molar-refractivity contribution >= 4 is 112 Å². The van der Waals surface area contributed by atoms with E-state index in [-0.39, 0.29) is 80.0 Å². The van der Waals surface area contributed by atoms with Crippen LogP contribution in [0.5, 0.6) is 11.5 Å². The molecule has 11 aromatic rings. The zero-order valence-electron chi connectivity index (χ0n) is 65.3. The third-order valence-corrected chi connectivity index (χ3v) is 26.5. The van der Waals surface area contributed by atoms with Crippen molar-refractivity contribution in [3.8, 4) is 17.6 Å². The van der Waals surface area contributed by atoms with Gasteiger partial charge in [0.25, 0.3) is 5.70 Å². The van der Waals surface area contributed by atoms with Crippen LogP contribution in [0.3, 0.4) is 0 Å². The Morgan fingerprint density at radius 1 is 0.512 bits per heavy atom. The molecule has 0 saturated carbocycles. The van der Waals surface area contributed by atoms with Crippen LogP contribution in [-0.4, -0.2) is 103 Å². The van der Waals surface area contributed by atoms with E-state index in [1.807, 2.05) is 164 Å². The number of Topliss-reactive ketones (excluding diaryl/α,β-unsaturated/α-hetero) is 8. The van der Waals surface area contributed by atoms with Gasteiger partial charge >= 0.3 is 0 Å². The van der Waals surface area contributed by atoms with Crippen LogP contribution in [0, 0.1) is 17.9 Å². The van der Waals surface area contributed by atoms with Crippen LogP contribution >= 0.6 is 24.0 Å². The van der Waals surface area contributed by atoms with Gasteiger partial charge in [-0.3, -0.25) is 46.9 Å². The van der Waals surface area contributed by atoms with Gasteiger partial charge in [-0.15, -0.1) is 11.8 Å². The van der Waals surface area contributed by atoms with E-state index in [9.17, 15) is 59.4 Å². The molecule has 0 saturated heterocycles. The Morgan fingerprint density at radius 2 is 1.06 bits per heavy atom. The van der Waals surface area contributed by atoms with Gasteiger partial charge in [-0.2, -0.15) is 0 Å². The number of nitriles is 1. The number of hydrogen-bond acceptors (Lipinski definition) is 20. The van der Waals surface area contributed by atoms with Crippen LogP contribution < -0.4 is 13.9 Å². The second kappa shape index (κ2) is 41.7. The summed E-state index contributed by atoms with van der Waals surface area (Å²) in [6.07, 6.45) is 11.7. The molecule has 11 aromatic carbocycles. The highest BCUT2D eigenvalue weighted by Crippen LogP contribution is 2.40. The Labute approximate surface area is 713 Å². The van der Waals surface area contributed by atoms with Crippen molar-refractivity contribution in [3.05, 3.63) is 393 Å². The highest BCUT2D eigenvalue weighted by Gasteiger charge is 2.35. The highest BCUT2D eigenvalue weighted by atomic mass is 32.2. The van der Waals surface area contributed by atoms with Crippen LogP contribution in [0.1, 0.15) is 155 Å². The second-order valence-corrected chi connectivity index (χ2v) is 35.2. The molecule has 10 aliphatic rings. The molecular weight excluding hydrogens is 1620 g/mol. The van der Waals surface area contributed by atoms with Crippen LogP contribution in [-0.2, 0) is 47.6 Å². The Balaban J connectivity index is 0.000000124. The minimum atomic E-state index is -3.37. The number of ketones is 8. The van der Waals surface area contributed by atoms with Gasteiger partial charge in [-0.05, 0) is 126 Å². The van der Waals surface area contributed by atoms with Gasteiger partial charge < -0.3 is 9.62 Å². The van der Waals surface area contributed by atoms with Gasteiger partial charge in [0.2, 0.25) is 5.78 Å². The van der Waals surface area contributed by atoms with E-state index in [0.717, 1.165) is 76.3 Å². The third kappa shape index (κ3) is 22.3. The number of thioether (sulfide) groups is 1. The molecule has 0 N–H and O–H groups in total. The number of anilines is 1. The van der Waals surface area contributed by atoms with Crippen molar-refractivity contribution < 1.29 is 73.4 Å². The van der Waals surface area contributed by atoms with Gasteiger partial charge in [0.1, 0.15) is 11.5 Å². The molecule has 21 rings (SSSR count). The molecule has 0 amide bonds. The van der Waals surface area contributed by atoms with E-state index in [1.54, 1.807) is 107 Å². The highest BCUT2D eigenvalue weighted by molar-refractivity contribution is 8.00. The molecule has 608 valence electrons. The number of rotatable bonds is 5. The minimum Gasteiger partial charge on any atom is -0.485 e. The van der Waals surface area contributed by atoms with E-state index in [1.165, 1.54) is 52.8 Å². The summed E-state index contributed by atoms with van der Waals surface area (Å²) in [6, 6.07) is 87.2. The number of hydrogen-bond donors (Lipinski definition) is 0. The summed E-state index contributed by atoms with van der Waals surface area (Å²) in [5.74, 6) is 2.77. The van der Waals surface area contributed by atoms with Gasteiger partial charge in [0.05, 0.1) is 73.2 Å². The summed E-state index contributed by atoms with van der Waals surface area (Å²) in [5.41, 5.74) is 13.7. The predicted molar refractivity (Wildman–Crippen MR) is 468 cm³/mol. The molecule has 0 aromatic heterocycles. The summed E-state index contributed by atoms with van der Waals surface area (Å²) in [7, 11) is -7.75. The van der Waals surface area contributed by atoms with Crippen molar-refractivity contribution in [2.75, 3.05) is 40.5 Å². The van der Waals surface area contributed by atoms with Gasteiger partial charge in [0, 0.05) is 69.0 Å².